The van der Waals surface area contributed by atoms with Gasteiger partial charge >= 0.3 is 0 Å². The van der Waals surface area contributed by atoms with Crippen LogP contribution in [0.3, 0.4) is 0 Å². The molecule has 0 radical (unpaired) electrons. The number of Topliss-reactive ketones (excluding diaryl/α,β-unsaturated/α-hetero) is 1. The summed E-state index contributed by atoms with van der Waals surface area (Å²) in [6.45, 7) is 8.91. The van der Waals surface area contributed by atoms with Crippen LogP contribution in [0, 0.1) is 28.6 Å². The summed E-state index contributed by atoms with van der Waals surface area (Å²) in [5, 5.41) is 2.89. The number of para-hydroxylation sites is 1. The molecule has 1 aliphatic heterocycles. The van der Waals surface area contributed by atoms with Crippen molar-refractivity contribution in [3.63, 3.8) is 0 Å². The van der Waals surface area contributed by atoms with E-state index in [2.05, 4.69) is 19.2 Å². The fourth-order valence-electron chi connectivity index (χ4n) is 8.34. The largest absolute Gasteiger partial charge is 0.335 e. The highest BCUT2D eigenvalue weighted by Crippen LogP contribution is 2.64. The molecule has 5 heteroatoms. The van der Waals surface area contributed by atoms with Crippen LogP contribution in [0.25, 0.3) is 0 Å². The molecule has 1 heterocycles. The number of ketones is 1. The van der Waals surface area contributed by atoms with Crippen LogP contribution < -0.4 is 5.32 Å². The Morgan fingerprint density at radius 2 is 1.82 bits per heavy atom. The molecule has 0 spiro atoms. The monoisotopic (exact) mass is 462 g/mol. The Morgan fingerprint density at radius 1 is 1.06 bits per heavy atom. The van der Waals surface area contributed by atoms with Crippen LogP contribution in [0.2, 0.25) is 0 Å². The van der Waals surface area contributed by atoms with E-state index in [0.29, 0.717) is 35.0 Å². The summed E-state index contributed by atoms with van der Waals surface area (Å²) in [6, 6.07) is 7.16. The van der Waals surface area contributed by atoms with Gasteiger partial charge in [0, 0.05) is 23.6 Å². The zero-order chi connectivity index (χ0) is 24.3. The lowest BCUT2D eigenvalue weighted by atomic mass is 9.48. The highest BCUT2D eigenvalue weighted by molar-refractivity contribution is 6.24. The summed E-state index contributed by atoms with van der Waals surface area (Å²) in [5.74, 6) is 1.25. The number of fused-ring (bicyclic) bond motifs is 5. The van der Waals surface area contributed by atoms with E-state index in [1.807, 2.05) is 17.9 Å². The molecule has 34 heavy (non-hydrogen) atoms. The number of hydrogen-bond donors (Lipinski definition) is 1. The Kier molecular flexibility index (Phi) is 5.73. The molecule has 5 nitrogen and oxygen atoms in total. The molecule has 1 aromatic carbocycles. The predicted molar refractivity (Wildman–Crippen MR) is 133 cm³/mol. The van der Waals surface area contributed by atoms with Crippen LogP contribution in [-0.4, -0.2) is 35.1 Å². The zero-order valence-electron chi connectivity index (χ0n) is 21.0. The summed E-state index contributed by atoms with van der Waals surface area (Å²) in [7, 11) is 0. The van der Waals surface area contributed by atoms with Crippen molar-refractivity contribution in [1.29, 1.82) is 0 Å². The summed E-state index contributed by atoms with van der Waals surface area (Å²) in [5.41, 5.74) is 1.43. The minimum absolute atomic E-state index is 0.112. The Labute approximate surface area is 203 Å². The van der Waals surface area contributed by atoms with Crippen LogP contribution in [0.4, 0.5) is 5.69 Å². The number of rotatable bonds is 4. The van der Waals surface area contributed by atoms with E-state index >= 15 is 0 Å². The molecule has 1 N–H and O–H groups in total. The molecule has 2 amide bonds. The standard InChI is InChI=1S/C29H38N2O3/c1-5-31-25-13-12-20-22-10-8-15-28(22,3)16-14-23(20)29(25,4)17-21(27(31)34)26(33)30-24-11-7-6-9-19(24)18(2)32/h6-7,9,11,17,20,22-23,25H,5,8,10,12-16H2,1-4H3,(H,30,33)/t20-,22-,23+,25?,28-,29+/m0/s1. The molecule has 5 rings (SSSR count). The van der Waals surface area contributed by atoms with Gasteiger partial charge in [0.15, 0.2) is 5.78 Å². The van der Waals surface area contributed by atoms with Crippen molar-refractivity contribution >= 4 is 23.3 Å². The first-order valence-corrected chi connectivity index (χ1v) is 13.1. The van der Waals surface area contributed by atoms with E-state index < -0.39 is 5.91 Å². The lowest BCUT2D eigenvalue weighted by Crippen LogP contribution is -2.61. The average Bonchev–Trinajstić information content (AvgIpc) is 3.21. The number of anilines is 1. The van der Waals surface area contributed by atoms with Crippen molar-refractivity contribution in [1.82, 2.24) is 4.90 Å². The van der Waals surface area contributed by atoms with E-state index in [-0.39, 0.29) is 28.7 Å². The molecule has 1 aromatic rings. The smallest absolute Gasteiger partial charge is 0.260 e. The van der Waals surface area contributed by atoms with Gasteiger partial charge in [-0.15, -0.1) is 0 Å². The van der Waals surface area contributed by atoms with Gasteiger partial charge in [0.1, 0.15) is 5.57 Å². The van der Waals surface area contributed by atoms with Crippen LogP contribution in [0.5, 0.6) is 0 Å². The summed E-state index contributed by atoms with van der Waals surface area (Å²) in [4.78, 5) is 41.0. The molecule has 0 saturated heterocycles. The first-order chi connectivity index (χ1) is 16.2. The normalized spacial score (nSPS) is 36.8. The number of hydrogen-bond acceptors (Lipinski definition) is 3. The molecule has 3 saturated carbocycles. The number of amides is 2. The molecule has 182 valence electrons. The third-order valence-corrected chi connectivity index (χ3v) is 9.97. The van der Waals surface area contributed by atoms with Gasteiger partial charge in [0.2, 0.25) is 0 Å². The number of carbonyl (C=O) groups is 3. The van der Waals surface area contributed by atoms with E-state index in [9.17, 15) is 14.4 Å². The summed E-state index contributed by atoms with van der Waals surface area (Å²) >= 11 is 0. The van der Waals surface area contributed by atoms with Crippen molar-refractivity contribution in [2.45, 2.75) is 78.7 Å². The minimum atomic E-state index is -0.402. The molecule has 3 aliphatic carbocycles. The quantitative estimate of drug-likeness (QED) is 0.467. The van der Waals surface area contributed by atoms with Crippen LogP contribution in [0.15, 0.2) is 35.9 Å². The average molecular weight is 463 g/mol. The van der Waals surface area contributed by atoms with Crippen molar-refractivity contribution in [3.05, 3.63) is 41.5 Å². The topological polar surface area (TPSA) is 66.5 Å². The van der Waals surface area contributed by atoms with E-state index in [1.54, 1.807) is 24.3 Å². The van der Waals surface area contributed by atoms with Crippen molar-refractivity contribution in [2.75, 3.05) is 11.9 Å². The van der Waals surface area contributed by atoms with Gasteiger partial charge in [-0.1, -0.05) is 38.5 Å². The maximum absolute atomic E-state index is 13.5. The first-order valence-electron chi connectivity index (χ1n) is 13.1. The first kappa shape index (κ1) is 23.3. The second-order valence-corrected chi connectivity index (χ2v) is 11.6. The molecule has 6 atom stereocenters. The summed E-state index contributed by atoms with van der Waals surface area (Å²) < 4.78 is 0. The lowest BCUT2D eigenvalue weighted by Gasteiger charge is -2.60. The molecule has 4 aliphatic rings. The highest BCUT2D eigenvalue weighted by Gasteiger charge is 2.59. The SMILES string of the molecule is CCN1C(=O)C(C(=O)Nc2ccccc2C(C)=O)=C[C@@]2(C)C1CC[C@@H]1[C@H]2CC[C@]2(C)CCC[C@@H]12. The molecule has 1 unspecified atom stereocenters. The second-order valence-electron chi connectivity index (χ2n) is 11.6. The Hall–Kier alpha value is -2.43. The fourth-order valence-corrected chi connectivity index (χ4v) is 8.34. The zero-order valence-corrected chi connectivity index (χ0v) is 21.0. The predicted octanol–water partition coefficient (Wildman–Crippen LogP) is 5.62. The van der Waals surface area contributed by atoms with Gasteiger partial charge < -0.3 is 10.2 Å². The van der Waals surface area contributed by atoms with Crippen molar-refractivity contribution < 1.29 is 14.4 Å². The number of nitrogens with zero attached hydrogens (tertiary/aromatic N) is 1. The van der Waals surface area contributed by atoms with E-state index in [4.69, 9.17) is 0 Å². The highest BCUT2D eigenvalue weighted by atomic mass is 16.2. The third kappa shape index (κ3) is 3.46. The molecular formula is C29H38N2O3. The van der Waals surface area contributed by atoms with Gasteiger partial charge in [-0.05, 0) is 87.7 Å². The number of carbonyl (C=O) groups excluding carboxylic acids is 3. The fraction of sp³-hybridized carbons (Fsp3) is 0.621. The van der Waals surface area contributed by atoms with E-state index in [1.165, 1.54) is 45.4 Å². The van der Waals surface area contributed by atoms with Crippen LogP contribution >= 0.6 is 0 Å². The molecule has 3 fully saturated rings. The Morgan fingerprint density at radius 3 is 2.56 bits per heavy atom. The van der Waals surface area contributed by atoms with Crippen LogP contribution in [0.1, 0.15) is 83.0 Å². The van der Waals surface area contributed by atoms with Crippen LogP contribution in [-0.2, 0) is 9.59 Å². The van der Waals surface area contributed by atoms with Crippen molar-refractivity contribution in [3.8, 4) is 0 Å². The number of likely N-dealkylation sites (N-methyl/N-ethyl adjacent to an activating group) is 1. The van der Waals surface area contributed by atoms with Gasteiger partial charge in [0.05, 0.1) is 5.69 Å². The second kappa shape index (κ2) is 8.35. The lowest BCUT2D eigenvalue weighted by molar-refractivity contribution is -0.143. The molecular weight excluding hydrogens is 424 g/mol. The maximum atomic E-state index is 13.5. The van der Waals surface area contributed by atoms with Crippen molar-refractivity contribution in [2.24, 2.45) is 28.6 Å². The minimum Gasteiger partial charge on any atom is -0.335 e. The van der Waals surface area contributed by atoms with E-state index in [0.717, 1.165) is 12.3 Å². The Balaban J connectivity index is 1.51. The number of benzene rings is 1. The van der Waals surface area contributed by atoms with Gasteiger partial charge in [-0.3, -0.25) is 14.4 Å². The Bertz CT molecular complexity index is 1060. The van der Waals surface area contributed by atoms with Gasteiger partial charge in [-0.25, -0.2) is 0 Å². The van der Waals surface area contributed by atoms with Gasteiger partial charge in [-0.2, -0.15) is 0 Å². The maximum Gasteiger partial charge on any atom is 0.260 e. The van der Waals surface area contributed by atoms with Gasteiger partial charge in [0.25, 0.3) is 11.8 Å². The molecule has 0 bridgehead atoms. The number of nitrogens with one attached hydrogen (secondary N) is 1. The third-order valence-electron chi connectivity index (χ3n) is 9.97. The molecule has 0 aromatic heterocycles. The summed E-state index contributed by atoms with van der Waals surface area (Å²) in [6.07, 6.45) is 10.7.